The molecule has 27 heavy (non-hydrogen) atoms. The van der Waals surface area contributed by atoms with Crippen molar-refractivity contribution in [1.29, 1.82) is 0 Å². The van der Waals surface area contributed by atoms with E-state index in [1.54, 1.807) is 43.5 Å². The lowest BCUT2D eigenvalue weighted by molar-refractivity contribution is -0.111. The molecular formula is C21H17FN2O3. The highest BCUT2D eigenvalue weighted by molar-refractivity contribution is 6.01. The van der Waals surface area contributed by atoms with Crippen LogP contribution >= 0.6 is 0 Å². The fraction of sp³-hybridized carbons (Fsp3) is 0.0476. The first-order chi connectivity index (χ1) is 13.1. The van der Waals surface area contributed by atoms with E-state index in [-0.39, 0.29) is 11.7 Å². The topological polar surface area (TPSA) is 60.5 Å². The lowest BCUT2D eigenvalue weighted by Crippen LogP contribution is -2.07. The molecule has 0 fully saturated rings. The molecule has 1 N–H and O–H groups in total. The number of nitrogens with one attached hydrogen (secondary N) is 1. The van der Waals surface area contributed by atoms with E-state index in [0.717, 1.165) is 0 Å². The zero-order valence-corrected chi connectivity index (χ0v) is 14.6. The molecule has 5 nitrogen and oxygen atoms in total. The zero-order chi connectivity index (χ0) is 19.1. The average Bonchev–Trinajstić information content (AvgIpc) is 2.68. The SMILES string of the molecule is COc1ccccc1Oc1ccc(NC(=O)/C=C/c2cccc(F)c2)cn1. The number of ether oxygens (including phenoxy) is 2. The van der Waals surface area contributed by atoms with Crippen LogP contribution in [0.3, 0.4) is 0 Å². The highest BCUT2D eigenvalue weighted by atomic mass is 19.1. The Hall–Kier alpha value is -3.67. The predicted molar refractivity (Wildman–Crippen MR) is 101 cm³/mol. The third kappa shape index (κ3) is 5.15. The fourth-order valence-electron chi connectivity index (χ4n) is 2.30. The molecule has 0 aliphatic heterocycles. The molecule has 0 aliphatic carbocycles. The molecule has 0 saturated heterocycles. The summed E-state index contributed by atoms with van der Waals surface area (Å²) in [5.41, 5.74) is 1.11. The van der Waals surface area contributed by atoms with Crippen LogP contribution in [0.15, 0.2) is 72.9 Å². The number of benzene rings is 2. The number of hydrogen-bond acceptors (Lipinski definition) is 4. The van der Waals surface area contributed by atoms with Crippen LogP contribution in [0.4, 0.5) is 10.1 Å². The number of amides is 1. The molecule has 0 atom stereocenters. The van der Waals surface area contributed by atoms with Crippen molar-refractivity contribution >= 4 is 17.7 Å². The van der Waals surface area contributed by atoms with Gasteiger partial charge in [-0.2, -0.15) is 0 Å². The minimum Gasteiger partial charge on any atom is -0.493 e. The summed E-state index contributed by atoms with van der Waals surface area (Å²) in [5.74, 6) is 0.807. The number of rotatable bonds is 6. The number of methoxy groups -OCH3 is 1. The molecule has 0 unspecified atom stereocenters. The van der Waals surface area contributed by atoms with Crippen LogP contribution in [0.1, 0.15) is 5.56 Å². The number of halogens is 1. The Labute approximate surface area is 156 Å². The first-order valence-corrected chi connectivity index (χ1v) is 8.15. The van der Waals surface area contributed by atoms with Gasteiger partial charge < -0.3 is 14.8 Å². The standard InChI is InChI=1S/C21H17FN2O3/c1-26-18-7-2-3-8-19(18)27-21-12-10-17(14-23-21)24-20(25)11-9-15-5-4-6-16(22)13-15/h2-14H,1H3,(H,24,25)/b11-9+. The maximum Gasteiger partial charge on any atom is 0.248 e. The van der Waals surface area contributed by atoms with Crippen molar-refractivity contribution in [3.05, 3.63) is 84.3 Å². The molecule has 2 aromatic carbocycles. The molecule has 0 aliphatic rings. The Bertz CT molecular complexity index is 956. The Kier molecular flexibility index (Phi) is 5.79. The summed E-state index contributed by atoms with van der Waals surface area (Å²) in [6.07, 6.45) is 4.34. The van der Waals surface area contributed by atoms with E-state index in [0.29, 0.717) is 28.6 Å². The molecule has 0 spiro atoms. The second-order valence-electron chi connectivity index (χ2n) is 5.52. The minimum atomic E-state index is -0.354. The van der Waals surface area contributed by atoms with Gasteiger partial charge in [0.1, 0.15) is 5.82 Å². The van der Waals surface area contributed by atoms with E-state index >= 15 is 0 Å². The highest BCUT2D eigenvalue weighted by Gasteiger charge is 2.06. The number of nitrogens with zero attached hydrogens (tertiary/aromatic N) is 1. The van der Waals surface area contributed by atoms with Gasteiger partial charge in [-0.25, -0.2) is 9.37 Å². The summed E-state index contributed by atoms with van der Waals surface area (Å²) in [4.78, 5) is 16.1. The van der Waals surface area contributed by atoms with Crippen LogP contribution in [0.5, 0.6) is 17.4 Å². The summed E-state index contributed by atoms with van der Waals surface area (Å²) >= 11 is 0. The van der Waals surface area contributed by atoms with E-state index < -0.39 is 0 Å². The largest absolute Gasteiger partial charge is 0.493 e. The summed E-state index contributed by atoms with van der Waals surface area (Å²) in [6, 6.07) is 16.5. The Morgan fingerprint density at radius 1 is 1.07 bits per heavy atom. The van der Waals surface area contributed by atoms with E-state index in [1.165, 1.54) is 30.5 Å². The molecule has 0 radical (unpaired) electrons. The summed E-state index contributed by atoms with van der Waals surface area (Å²) < 4.78 is 24.0. The highest BCUT2D eigenvalue weighted by Crippen LogP contribution is 2.30. The minimum absolute atomic E-state index is 0.348. The van der Waals surface area contributed by atoms with Crippen molar-refractivity contribution in [2.24, 2.45) is 0 Å². The van der Waals surface area contributed by atoms with Crippen LogP contribution in [0, 0.1) is 5.82 Å². The van der Waals surface area contributed by atoms with Gasteiger partial charge in [-0.05, 0) is 42.0 Å². The molecule has 0 saturated carbocycles. The van der Waals surface area contributed by atoms with Gasteiger partial charge in [0.25, 0.3) is 0 Å². The summed E-state index contributed by atoms with van der Waals surface area (Å²) in [6.45, 7) is 0. The molecule has 3 rings (SSSR count). The first-order valence-electron chi connectivity index (χ1n) is 8.15. The Morgan fingerprint density at radius 3 is 2.59 bits per heavy atom. The number of pyridine rings is 1. The van der Waals surface area contributed by atoms with E-state index in [9.17, 15) is 9.18 Å². The van der Waals surface area contributed by atoms with Crippen molar-refractivity contribution in [3.8, 4) is 17.4 Å². The van der Waals surface area contributed by atoms with Gasteiger partial charge in [0.2, 0.25) is 11.8 Å². The second kappa shape index (κ2) is 8.62. The molecule has 136 valence electrons. The van der Waals surface area contributed by atoms with E-state index in [1.807, 2.05) is 12.1 Å². The monoisotopic (exact) mass is 364 g/mol. The number of hydrogen-bond donors (Lipinski definition) is 1. The Balaban J connectivity index is 1.61. The smallest absolute Gasteiger partial charge is 0.248 e. The van der Waals surface area contributed by atoms with Crippen LogP contribution in [0.25, 0.3) is 6.08 Å². The fourth-order valence-corrected chi connectivity index (χ4v) is 2.30. The maximum atomic E-state index is 13.1. The molecule has 0 bridgehead atoms. The molecule has 3 aromatic rings. The van der Waals surface area contributed by atoms with Crippen molar-refractivity contribution < 1.29 is 18.7 Å². The molecule has 1 aromatic heterocycles. The van der Waals surface area contributed by atoms with Crippen molar-refractivity contribution in [2.75, 3.05) is 12.4 Å². The van der Waals surface area contributed by atoms with Crippen molar-refractivity contribution in [3.63, 3.8) is 0 Å². The first kappa shape index (κ1) is 18.1. The summed E-state index contributed by atoms with van der Waals surface area (Å²) in [7, 11) is 1.56. The van der Waals surface area contributed by atoms with E-state index in [4.69, 9.17) is 9.47 Å². The second-order valence-corrected chi connectivity index (χ2v) is 5.52. The molecule has 1 amide bonds. The van der Waals surface area contributed by atoms with Gasteiger partial charge in [0.05, 0.1) is 19.0 Å². The number of carbonyl (C=O) groups excluding carboxylic acids is 1. The van der Waals surface area contributed by atoms with Gasteiger partial charge in [-0.15, -0.1) is 0 Å². The molecular weight excluding hydrogens is 347 g/mol. The van der Waals surface area contributed by atoms with Gasteiger partial charge in [0, 0.05) is 12.1 Å². The van der Waals surface area contributed by atoms with Gasteiger partial charge >= 0.3 is 0 Å². The third-order valence-electron chi connectivity index (χ3n) is 3.56. The lowest BCUT2D eigenvalue weighted by atomic mass is 10.2. The van der Waals surface area contributed by atoms with Crippen molar-refractivity contribution in [1.82, 2.24) is 4.98 Å². The van der Waals surface area contributed by atoms with E-state index in [2.05, 4.69) is 10.3 Å². The Morgan fingerprint density at radius 2 is 1.89 bits per heavy atom. The zero-order valence-electron chi connectivity index (χ0n) is 14.6. The van der Waals surface area contributed by atoms with Gasteiger partial charge in [-0.1, -0.05) is 24.3 Å². The van der Waals surface area contributed by atoms with Crippen LogP contribution in [-0.4, -0.2) is 18.0 Å². The number of aromatic nitrogens is 1. The predicted octanol–water partition coefficient (Wildman–Crippen LogP) is 4.67. The normalized spacial score (nSPS) is 10.6. The number of carbonyl (C=O) groups is 1. The van der Waals surface area contributed by atoms with Crippen LogP contribution in [-0.2, 0) is 4.79 Å². The molecule has 6 heteroatoms. The number of anilines is 1. The quantitative estimate of drug-likeness (QED) is 0.646. The van der Waals surface area contributed by atoms with Crippen LogP contribution in [0.2, 0.25) is 0 Å². The van der Waals surface area contributed by atoms with Gasteiger partial charge in [0.15, 0.2) is 11.5 Å². The van der Waals surface area contributed by atoms with Crippen molar-refractivity contribution in [2.45, 2.75) is 0 Å². The third-order valence-corrected chi connectivity index (χ3v) is 3.56. The summed E-state index contributed by atoms with van der Waals surface area (Å²) in [5, 5.41) is 2.68. The lowest BCUT2D eigenvalue weighted by Gasteiger charge is -2.09. The molecule has 1 heterocycles. The maximum absolute atomic E-state index is 13.1. The van der Waals surface area contributed by atoms with Gasteiger partial charge in [-0.3, -0.25) is 4.79 Å². The average molecular weight is 364 g/mol. The van der Waals surface area contributed by atoms with Crippen LogP contribution < -0.4 is 14.8 Å². The number of para-hydroxylation sites is 2.